The number of fused-ring (bicyclic) bond motifs is 1. The first-order valence-electron chi connectivity index (χ1n) is 5.29. The highest BCUT2D eigenvalue weighted by Crippen LogP contribution is 2.31. The topological polar surface area (TPSA) is 85.8 Å². The monoisotopic (exact) mass is 233 g/mol. The van der Waals surface area contributed by atoms with E-state index in [0.29, 0.717) is 11.2 Å². The van der Waals surface area contributed by atoms with Gasteiger partial charge in [0.15, 0.2) is 0 Å². The lowest BCUT2D eigenvalue weighted by atomic mass is 10.00. The van der Waals surface area contributed by atoms with Crippen LogP contribution in [0.15, 0.2) is 0 Å². The van der Waals surface area contributed by atoms with Crippen LogP contribution < -0.4 is 11.1 Å². The van der Waals surface area contributed by atoms with Crippen LogP contribution in [0.2, 0.25) is 0 Å². The van der Waals surface area contributed by atoms with Crippen LogP contribution in [0.4, 0.5) is 10.5 Å². The number of benzene rings is 1. The summed E-state index contributed by atoms with van der Waals surface area (Å²) in [5.41, 5.74) is 10.6. The molecule has 0 saturated carbocycles. The second kappa shape index (κ2) is 3.73. The Hall–Kier alpha value is -2.11. The second-order valence-electron chi connectivity index (χ2n) is 4.15. The van der Waals surface area contributed by atoms with Crippen LogP contribution in [0.5, 0.6) is 0 Å². The Kier molecular flexibility index (Phi) is 2.49. The Labute approximate surface area is 98.8 Å². The minimum absolute atomic E-state index is 0.594. The van der Waals surface area contributed by atoms with Gasteiger partial charge in [0.05, 0.1) is 11.2 Å². The molecule has 1 heterocycles. The van der Waals surface area contributed by atoms with E-state index in [1.165, 1.54) is 0 Å². The van der Waals surface area contributed by atoms with Gasteiger partial charge in [0.2, 0.25) is 0 Å². The lowest BCUT2D eigenvalue weighted by Crippen LogP contribution is -2.20. The Bertz CT molecular complexity index is 614. The molecule has 1 aromatic heterocycles. The number of urea groups is 1. The number of hydrogen-bond acceptors (Lipinski definition) is 3. The number of nitrogens with two attached hydrogens (primary N) is 1. The third-order valence-corrected chi connectivity index (χ3v) is 3.17. The summed E-state index contributed by atoms with van der Waals surface area (Å²) >= 11 is 0. The summed E-state index contributed by atoms with van der Waals surface area (Å²) in [5, 5.41) is 10.7. The van der Waals surface area contributed by atoms with E-state index < -0.39 is 6.03 Å². The number of carbonyl (C=O) groups is 1. The van der Waals surface area contributed by atoms with Crippen LogP contribution in [0.25, 0.3) is 11.0 Å². The van der Waals surface area contributed by atoms with Gasteiger partial charge in [-0.1, -0.05) is 5.21 Å². The summed E-state index contributed by atoms with van der Waals surface area (Å²) in [6.45, 7) is 5.95. The largest absolute Gasteiger partial charge is 0.351 e. The summed E-state index contributed by atoms with van der Waals surface area (Å²) < 4.78 is 1.70. The maximum Gasteiger partial charge on any atom is 0.316 e. The fourth-order valence-corrected chi connectivity index (χ4v) is 2.05. The van der Waals surface area contributed by atoms with Crippen LogP contribution in [-0.4, -0.2) is 21.0 Å². The van der Waals surface area contributed by atoms with Crippen LogP contribution in [0, 0.1) is 20.8 Å². The zero-order valence-corrected chi connectivity index (χ0v) is 10.3. The molecule has 0 spiro atoms. The Balaban J connectivity index is 2.86. The van der Waals surface area contributed by atoms with E-state index in [9.17, 15) is 4.79 Å². The number of anilines is 1. The molecule has 0 saturated heterocycles. The van der Waals surface area contributed by atoms with Crippen molar-refractivity contribution >= 4 is 22.8 Å². The molecule has 0 aliphatic heterocycles. The first-order chi connectivity index (χ1) is 7.93. The number of primary amides is 1. The molecule has 0 radical (unpaired) electrons. The summed E-state index contributed by atoms with van der Waals surface area (Å²) in [6, 6.07) is -0.594. The third kappa shape index (κ3) is 1.61. The molecule has 1 aromatic carbocycles. The van der Waals surface area contributed by atoms with Gasteiger partial charge in [-0.05, 0) is 37.5 Å². The molecule has 0 bridgehead atoms. The summed E-state index contributed by atoms with van der Waals surface area (Å²) in [7, 11) is 1.82. The van der Waals surface area contributed by atoms with Crippen molar-refractivity contribution in [3.8, 4) is 0 Å². The van der Waals surface area contributed by atoms with E-state index in [0.717, 1.165) is 22.2 Å². The smallest absolute Gasteiger partial charge is 0.316 e. The lowest BCUT2D eigenvalue weighted by molar-refractivity contribution is 0.259. The van der Waals surface area contributed by atoms with Crippen molar-refractivity contribution in [2.75, 3.05) is 5.32 Å². The zero-order valence-electron chi connectivity index (χ0n) is 10.3. The number of aromatic nitrogens is 3. The molecule has 2 rings (SSSR count). The molecule has 17 heavy (non-hydrogen) atoms. The van der Waals surface area contributed by atoms with E-state index in [2.05, 4.69) is 15.6 Å². The van der Waals surface area contributed by atoms with Gasteiger partial charge >= 0.3 is 6.03 Å². The lowest BCUT2D eigenvalue weighted by Gasteiger charge is -2.13. The Morgan fingerprint density at radius 1 is 1.24 bits per heavy atom. The average Bonchev–Trinajstić information content (AvgIpc) is 2.63. The van der Waals surface area contributed by atoms with Gasteiger partial charge in [-0.3, -0.25) is 0 Å². The molecule has 0 fully saturated rings. The van der Waals surface area contributed by atoms with Crippen molar-refractivity contribution in [2.24, 2.45) is 12.8 Å². The maximum absolute atomic E-state index is 11.0. The first kappa shape index (κ1) is 11.4. The molecule has 6 heteroatoms. The predicted molar refractivity (Wildman–Crippen MR) is 65.9 cm³/mol. The van der Waals surface area contributed by atoms with Crippen LogP contribution in [-0.2, 0) is 7.05 Å². The van der Waals surface area contributed by atoms with E-state index in [1.807, 2.05) is 27.8 Å². The number of aryl methyl sites for hydroxylation is 2. The number of nitrogens with zero attached hydrogens (tertiary/aromatic N) is 3. The zero-order chi connectivity index (χ0) is 12.7. The standard InChI is InChI=1S/C11H15N5O/c1-5-6(2)8(13-11(12)17)9-10(7(5)3)16(4)15-14-9/h1-4H3,(H3,12,13,17). The molecular formula is C11H15N5O. The van der Waals surface area contributed by atoms with Crippen molar-refractivity contribution in [1.29, 1.82) is 0 Å². The van der Waals surface area contributed by atoms with Crippen molar-refractivity contribution in [2.45, 2.75) is 20.8 Å². The van der Waals surface area contributed by atoms with Crippen molar-refractivity contribution < 1.29 is 4.79 Å². The van der Waals surface area contributed by atoms with Gasteiger partial charge in [-0.2, -0.15) is 0 Å². The fourth-order valence-electron chi connectivity index (χ4n) is 2.05. The molecule has 90 valence electrons. The quantitative estimate of drug-likeness (QED) is 0.780. The highest BCUT2D eigenvalue weighted by Gasteiger charge is 2.17. The van der Waals surface area contributed by atoms with E-state index in [1.54, 1.807) is 4.68 Å². The molecule has 0 aliphatic rings. The van der Waals surface area contributed by atoms with Crippen molar-refractivity contribution in [3.63, 3.8) is 0 Å². The van der Waals surface area contributed by atoms with E-state index in [4.69, 9.17) is 5.73 Å². The Morgan fingerprint density at radius 3 is 2.47 bits per heavy atom. The summed E-state index contributed by atoms with van der Waals surface area (Å²) in [4.78, 5) is 11.0. The van der Waals surface area contributed by atoms with Crippen molar-refractivity contribution in [3.05, 3.63) is 16.7 Å². The SMILES string of the molecule is Cc1c(C)c(C)c2c(nnn2C)c1NC(N)=O. The van der Waals surface area contributed by atoms with Crippen LogP contribution in [0.3, 0.4) is 0 Å². The van der Waals surface area contributed by atoms with Gasteiger partial charge < -0.3 is 11.1 Å². The number of hydrogen-bond donors (Lipinski definition) is 2. The number of amides is 2. The summed E-state index contributed by atoms with van der Waals surface area (Å²) in [6.07, 6.45) is 0. The first-order valence-corrected chi connectivity index (χ1v) is 5.29. The molecule has 2 aromatic rings. The van der Waals surface area contributed by atoms with Gasteiger partial charge in [-0.15, -0.1) is 5.10 Å². The highest BCUT2D eigenvalue weighted by molar-refractivity contribution is 6.01. The van der Waals surface area contributed by atoms with Gasteiger partial charge in [0, 0.05) is 7.05 Å². The normalized spacial score (nSPS) is 10.8. The van der Waals surface area contributed by atoms with Gasteiger partial charge in [0.1, 0.15) is 5.52 Å². The van der Waals surface area contributed by atoms with Crippen LogP contribution >= 0.6 is 0 Å². The molecule has 0 aliphatic carbocycles. The fraction of sp³-hybridized carbons (Fsp3) is 0.364. The van der Waals surface area contributed by atoms with Crippen molar-refractivity contribution in [1.82, 2.24) is 15.0 Å². The maximum atomic E-state index is 11.0. The van der Waals surface area contributed by atoms with Crippen LogP contribution in [0.1, 0.15) is 16.7 Å². The second-order valence-corrected chi connectivity index (χ2v) is 4.15. The molecule has 3 N–H and O–H groups in total. The highest BCUT2D eigenvalue weighted by atomic mass is 16.2. The van der Waals surface area contributed by atoms with Gasteiger partial charge in [0.25, 0.3) is 0 Å². The van der Waals surface area contributed by atoms with E-state index in [-0.39, 0.29) is 0 Å². The minimum Gasteiger partial charge on any atom is -0.351 e. The molecular weight excluding hydrogens is 218 g/mol. The number of nitrogens with one attached hydrogen (secondary N) is 1. The van der Waals surface area contributed by atoms with Gasteiger partial charge in [-0.25, -0.2) is 9.48 Å². The minimum atomic E-state index is -0.594. The Morgan fingerprint density at radius 2 is 1.88 bits per heavy atom. The molecule has 2 amide bonds. The molecule has 0 atom stereocenters. The third-order valence-electron chi connectivity index (χ3n) is 3.17. The summed E-state index contributed by atoms with van der Waals surface area (Å²) in [5.74, 6) is 0. The van der Waals surface area contributed by atoms with E-state index >= 15 is 0 Å². The average molecular weight is 233 g/mol. The number of rotatable bonds is 1. The molecule has 6 nitrogen and oxygen atoms in total. The molecule has 0 unspecified atom stereocenters. The predicted octanol–water partition coefficient (Wildman–Crippen LogP) is 1.38. The number of carbonyl (C=O) groups excluding carboxylic acids is 1.